The first-order chi connectivity index (χ1) is 10.1. The Hall–Kier alpha value is -0.610. The molecule has 3 atom stereocenters. The van der Waals surface area contributed by atoms with Gasteiger partial charge in [-0.2, -0.15) is 0 Å². The molecule has 0 bridgehead atoms. The third kappa shape index (κ3) is 4.43. The summed E-state index contributed by atoms with van der Waals surface area (Å²) in [6.07, 6.45) is 2.53. The highest BCUT2D eigenvalue weighted by molar-refractivity contribution is 6.31. The third-order valence-electron chi connectivity index (χ3n) is 4.40. The third-order valence-corrected chi connectivity index (χ3v) is 4.75. The lowest BCUT2D eigenvalue weighted by molar-refractivity contribution is 0.0823. The Bertz CT molecular complexity index is 441. The second-order valence-electron chi connectivity index (χ2n) is 5.83. The van der Waals surface area contributed by atoms with Crippen molar-refractivity contribution < 1.29 is 4.74 Å². The van der Waals surface area contributed by atoms with E-state index < -0.39 is 0 Å². The van der Waals surface area contributed by atoms with E-state index in [9.17, 15) is 0 Å². The molecule has 118 valence electrons. The van der Waals surface area contributed by atoms with Crippen LogP contribution in [0.3, 0.4) is 0 Å². The Morgan fingerprint density at radius 1 is 1.43 bits per heavy atom. The number of halogens is 1. The maximum atomic E-state index is 6.35. The van der Waals surface area contributed by atoms with Crippen LogP contribution in [0.4, 0.5) is 0 Å². The molecule has 3 nitrogen and oxygen atoms in total. The molecule has 0 spiro atoms. The molecule has 1 fully saturated rings. The summed E-state index contributed by atoms with van der Waals surface area (Å²) in [4.78, 5) is 2.43. The Labute approximate surface area is 133 Å². The van der Waals surface area contributed by atoms with Crippen LogP contribution >= 0.6 is 11.6 Å². The van der Waals surface area contributed by atoms with E-state index >= 15 is 0 Å². The van der Waals surface area contributed by atoms with Gasteiger partial charge < -0.3 is 15.0 Å². The lowest BCUT2D eigenvalue weighted by Gasteiger charge is -2.29. The van der Waals surface area contributed by atoms with E-state index in [2.05, 4.69) is 43.2 Å². The Balaban J connectivity index is 1.95. The van der Waals surface area contributed by atoms with Crippen LogP contribution in [0.2, 0.25) is 5.02 Å². The SMILES string of the molecule is CCNC(CCN(C)C1CCOC1C)c1ccccc1Cl. The molecular weight excluding hydrogens is 284 g/mol. The minimum Gasteiger partial charge on any atom is -0.377 e. The largest absolute Gasteiger partial charge is 0.377 e. The van der Waals surface area contributed by atoms with Crippen LogP contribution in [-0.2, 0) is 4.74 Å². The monoisotopic (exact) mass is 310 g/mol. The van der Waals surface area contributed by atoms with Crippen LogP contribution in [0.5, 0.6) is 0 Å². The standard InChI is InChI=1S/C17H27ClN2O/c1-4-19-16(14-7-5-6-8-15(14)18)9-11-20(3)17-10-12-21-13(17)2/h5-8,13,16-17,19H,4,9-12H2,1-3H3. The van der Waals surface area contributed by atoms with Gasteiger partial charge in [-0.1, -0.05) is 36.7 Å². The number of hydrogen-bond donors (Lipinski definition) is 1. The first kappa shape index (κ1) is 16.8. The fourth-order valence-electron chi connectivity index (χ4n) is 3.17. The van der Waals surface area contributed by atoms with Crippen molar-refractivity contribution >= 4 is 11.6 Å². The van der Waals surface area contributed by atoms with Crippen molar-refractivity contribution in [3.05, 3.63) is 34.9 Å². The van der Waals surface area contributed by atoms with E-state index in [0.717, 1.165) is 37.6 Å². The summed E-state index contributed by atoms with van der Waals surface area (Å²) >= 11 is 6.35. The van der Waals surface area contributed by atoms with E-state index in [1.165, 1.54) is 5.56 Å². The van der Waals surface area contributed by atoms with Gasteiger partial charge >= 0.3 is 0 Å². The highest BCUT2D eigenvalue weighted by Crippen LogP contribution is 2.26. The van der Waals surface area contributed by atoms with Crippen LogP contribution in [0.1, 0.15) is 38.3 Å². The molecule has 0 radical (unpaired) electrons. The van der Waals surface area contributed by atoms with Crippen molar-refractivity contribution in [2.75, 3.05) is 26.7 Å². The molecule has 1 aromatic rings. The second kappa shape index (κ2) is 8.14. The Morgan fingerprint density at radius 3 is 2.81 bits per heavy atom. The van der Waals surface area contributed by atoms with E-state index in [1.54, 1.807) is 0 Å². The van der Waals surface area contributed by atoms with Gasteiger partial charge in [0.05, 0.1) is 6.10 Å². The summed E-state index contributed by atoms with van der Waals surface area (Å²) in [5, 5.41) is 4.41. The van der Waals surface area contributed by atoms with Gasteiger partial charge in [-0.05, 0) is 45.0 Å². The summed E-state index contributed by atoms with van der Waals surface area (Å²) in [5.41, 5.74) is 1.20. The van der Waals surface area contributed by atoms with Crippen molar-refractivity contribution in [2.24, 2.45) is 0 Å². The summed E-state index contributed by atoms with van der Waals surface area (Å²) < 4.78 is 5.67. The lowest BCUT2D eigenvalue weighted by atomic mass is 10.0. The molecule has 1 aliphatic rings. The number of ether oxygens (including phenoxy) is 1. The Kier molecular flexibility index (Phi) is 6.49. The number of nitrogens with one attached hydrogen (secondary N) is 1. The number of rotatable bonds is 7. The van der Waals surface area contributed by atoms with Crippen LogP contribution in [-0.4, -0.2) is 43.8 Å². The normalized spacial score (nSPS) is 23.7. The van der Waals surface area contributed by atoms with Gasteiger partial charge in [0, 0.05) is 30.3 Å². The average molecular weight is 311 g/mol. The number of hydrogen-bond acceptors (Lipinski definition) is 3. The van der Waals surface area contributed by atoms with Crippen molar-refractivity contribution in [3.63, 3.8) is 0 Å². The van der Waals surface area contributed by atoms with E-state index in [1.807, 2.05) is 12.1 Å². The molecular formula is C17H27ClN2O. The molecule has 1 aromatic carbocycles. The average Bonchev–Trinajstić information content (AvgIpc) is 2.90. The predicted molar refractivity (Wildman–Crippen MR) is 88.9 cm³/mol. The molecule has 3 unspecified atom stereocenters. The smallest absolute Gasteiger partial charge is 0.0702 e. The molecule has 0 aliphatic carbocycles. The highest BCUT2D eigenvalue weighted by Gasteiger charge is 2.28. The molecule has 4 heteroatoms. The van der Waals surface area contributed by atoms with Crippen molar-refractivity contribution in [3.8, 4) is 0 Å². The summed E-state index contributed by atoms with van der Waals surface area (Å²) in [5.74, 6) is 0. The highest BCUT2D eigenvalue weighted by atomic mass is 35.5. The minimum absolute atomic E-state index is 0.309. The van der Waals surface area contributed by atoms with E-state index in [0.29, 0.717) is 18.2 Å². The molecule has 0 aromatic heterocycles. The van der Waals surface area contributed by atoms with Crippen molar-refractivity contribution in [2.45, 2.75) is 44.9 Å². The zero-order chi connectivity index (χ0) is 15.2. The van der Waals surface area contributed by atoms with Gasteiger partial charge in [-0.15, -0.1) is 0 Å². The maximum absolute atomic E-state index is 6.35. The zero-order valence-electron chi connectivity index (χ0n) is 13.3. The van der Waals surface area contributed by atoms with Gasteiger partial charge in [-0.25, -0.2) is 0 Å². The summed E-state index contributed by atoms with van der Waals surface area (Å²) in [7, 11) is 2.20. The van der Waals surface area contributed by atoms with Gasteiger partial charge in [0.1, 0.15) is 0 Å². The van der Waals surface area contributed by atoms with E-state index in [-0.39, 0.29) is 0 Å². The first-order valence-electron chi connectivity index (χ1n) is 7.93. The molecule has 1 heterocycles. The van der Waals surface area contributed by atoms with Crippen LogP contribution in [0.15, 0.2) is 24.3 Å². The first-order valence-corrected chi connectivity index (χ1v) is 8.31. The number of benzene rings is 1. The molecule has 21 heavy (non-hydrogen) atoms. The fourth-order valence-corrected chi connectivity index (χ4v) is 3.44. The lowest BCUT2D eigenvalue weighted by Crippen LogP contribution is -2.38. The topological polar surface area (TPSA) is 24.5 Å². The molecule has 1 N–H and O–H groups in total. The quantitative estimate of drug-likeness (QED) is 0.834. The molecule has 1 saturated heterocycles. The number of nitrogens with zero attached hydrogens (tertiary/aromatic N) is 1. The van der Waals surface area contributed by atoms with Crippen molar-refractivity contribution in [1.29, 1.82) is 0 Å². The molecule has 1 aliphatic heterocycles. The zero-order valence-corrected chi connectivity index (χ0v) is 14.1. The fraction of sp³-hybridized carbons (Fsp3) is 0.647. The second-order valence-corrected chi connectivity index (χ2v) is 6.24. The van der Waals surface area contributed by atoms with Crippen LogP contribution in [0, 0.1) is 0 Å². The van der Waals surface area contributed by atoms with E-state index in [4.69, 9.17) is 16.3 Å². The molecule has 0 amide bonds. The Morgan fingerprint density at radius 2 is 2.19 bits per heavy atom. The van der Waals surface area contributed by atoms with Crippen LogP contribution < -0.4 is 5.32 Å². The summed E-state index contributed by atoms with van der Waals surface area (Å²) in [6.45, 7) is 7.19. The summed E-state index contributed by atoms with van der Waals surface area (Å²) in [6, 6.07) is 8.98. The van der Waals surface area contributed by atoms with Gasteiger partial charge in [0.2, 0.25) is 0 Å². The maximum Gasteiger partial charge on any atom is 0.0702 e. The van der Waals surface area contributed by atoms with Gasteiger partial charge in [-0.3, -0.25) is 0 Å². The number of likely N-dealkylation sites (N-methyl/N-ethyl adjacent to an activating group) is 1. The molecule has 0 saturated carbocycles. The minimum atomic E-state index is 0.309. The van der Waals surface area contributed by atoms with Gasteiger partial charge in [0.25, 0.3) is 0 Å². The predicted octanol–water partition coefficient (Wildman–Crippen LogP) is 3.49. The molecule has 2 rings (SSSR count). The van der Waals surface area contributed by atoms with Gasteiger partial charge in [0.15, 0.2) is 0 Å². The van der Waals surface area contributed by atoms with Crippen molar-refractivity contribution in [1.82, 2.24) is 10.2 Å². The van der Waals surface area contributed by atoms with Crippen LogP contribution in [0.25, 0.3) is 0 Å².